The number of aromatic nitrogens is 2. The molecule has 1 rings (SSSR count). The van der Waals surface area contributed by atoms with Gasteiger partial charge in [-0.1, -0.05) is 13.8 Å². The third-order valence-corrected chi connectivity index (χ3v) is 5.75. The second kappa shape index (κ2) is 6.17. The SMILES string of the molecule is CNc1nc(C(C)C)nc(NCC(C)(C)S(C)(=O)=O)c1C. The molecule has 0 aliphatic heterocycles. The van der Waals surface area contributed by atoms with Crippen LogP contribution in [0.5, 0.6) is 0 Å². The molecule has 21 heavy (non-hydrogen) atoms. The van der Waals surface area contributed by atoms with E-state index in [1.54, 1.807) is 13.8 Å². The minimum Gasteiger partial charge on any atom is -0.373 e. The molecule has 0 fully saturated rings. The molecular formula is C14H26N4O2S. The van der Waals surface area contributed by atoms with Gasteiger partial charge in [0.2, 0.25) is 0 Å². The Morgan fingerprint density at radius 1 is 1.19 bits per heavy atom. The van der Waals surface area contributed by atoms with Gasteiger partial charge in [-0.3, -0.25) is 0 Å². The number of anilines is 2. The summed E-state index contributed by atoms with van der Waals surface area (Å²) in [7, 11) is -1.34. The molecule has 1 aromatic rings. The maximum Gasteiger partial charge on any atom is 0.154 e. The van der Waals surface area contributed by atoms with Crippen LogP contribution < -0.4 is 10.6 Å². The molecule has 0 unspecified atom stereocenters. The second-order valence-corrected chi connectivity index (χ2v) is 8.84. The highest BCUT2D eigenvalue weighted by molar-refractivity contribution is 7.92. The van der Waals surface area contributed by atoms with Crippen molar-refractivity contribution in [1.82, 2.24) is 9.97 Å². The van der Waals surface area contributed by atoms with E-state index >= 15 is 0 Å². The van der Waals surface area contributed by atoms with Crippen LogP contribution in [0.3, 0.4) is 0 Å². The molecule has 0 amide bonds. The zero-order valence-corrected chi connectivity index (χ0v) is 14.7. The van der Waals surface area contributed by atoms with Gasteiger partial charge in [0.15, 0.2) is 9.84 Å². The van der Waals surface area contributed by atoms with E-state index in [9.17, 15) is 8.42 Å². The molecule has 0 atom stereocenters. The van der Waals surface area contributed by atoms with E-state index in [-0.39, 0.29) is 5.92 Å². The Kier molecular flexibility index (Phi) is 5.20. The highest BCUT2D eigenvalue weighted by Crippen LogP contribution is 2.24. The Hall–Kier alpha value is -1.37. The second-order valence-electron chi connectivity index (χ2n) is 6.19. The van der Waals surface area contributed by atoms with Crippen LogP contribution >= 0.6 is 0 Å². The molecule has 0 bridgehead atoms. The molecular weight excluding hydrogens is 288 g/mol. The molecule has 0 saturated heterocycles. The first-order chi connectivity index (χ1) is 9.49. The Balaban J connectivity index is 3.11. The average molecular weight is 314 g/mol. The Morgan fingerprint density at radius 3 is 2.14 bits per heavy atom. The predicted molar refractivity (Wildman–Crippen MR) is 87.8 cm³/mol. The van der Waals surface area contributed by atoms with Crippen molar-refractivity contribution in [3.05, 3.63) is 11.4 Å². The molecule has 1 aromatic heterocycles. The molecule has 6 nitrogen and oxygen atoms in total. The third-order valence-electron chi connectivity index (χ3n) is 3.60. The van der Waals surface area contributed by atoms with Gasteiger partial charge >= 0.3 is 0 Å². The van der Waals surface area contributed by atoms with Crippen LogP contribution in [-0.4, -0.2) is 43.0 Å². The fraction of sp³-hybridized carbons (Fsp3) is 0.714. The highest BCUT2D eigenvalue weighted by Gasteiger charge is 2.30. The number of rotatable bonds is 6. The highest BCUT2D eigenvalue weighted by atomic mass is 32.2. The summed E-state index contributed by atoms with van der Waals surface area (Å²) >= 11 is 0. The largest absolute Gasteiger partial charge is 0.373 e. The molecule has 0 spiro atoms. The van der Waals surface area contributed by atoms with Crippen LogP contribution in [0.1, 0.15) is 45.0 Å². The molecule has 0 radical (unpaired) electrons. The zero-order valence-electron chi connectivity index (χ0n) is 13.9. The molecule has 120 valence electrons. The summed E-state index contributed by atoms with van der Waals surface area (Å²) < 4.78 is 22.7. The molecule has 7 heteroatoms. The van der Waals surface area contributed by atoms with Gasteiger partial charge in [-0.05, 0) is 20.8 Å². The van der Waals surface area contributed by atoms with Crippen molar-refractivity contribution < 1.29 is 8.42 Å². The Labute approximate surface area is 127 Å². The molecule has 1 heterocycles. The predicted octanol–water partition coefficient (Wildman–Crippen LogP) is 2.19. The van der Waals surface area contributed by atoms with Gasteiger partial charge in [-0.2, -0.15) is 0 Å². The van der Waals surface area contributed by atoms with Crippen LogP contribution in [0.4, 0.5) is 11.6 Å². The van der Waals surface area contributed by atoms with Crippen LogP contribution in [0.25, 0.3) is 0 Å². The topological polar surface area (TPSA) is 84.0 Å². The first-order valence-electron chi connectivity index (χ1n) is 6.99. The fourth-order valence-corrected chi connectivity index (χ4v) is 1.97. The maximum absolute atomic E-state index is 11.8. The lowest BCUT2D eigenvalue weighted by Crippen LogP contribution is -2.38. The molecule has 0 aliphatic carbocycles. The van der Waals surface area contributed by atoms with E-state index < -0.39 is 14.6 Å². The molecule has 0 aliphatic rings. The van der Waals surface area contributed by atoms with E-state index in [0.29, 0.717) is 12.4 Å². The quantitative estimate of drug-likeness (QED) is 0.837. The van der Waals surface area contributed by atoms with Gasteiger partial charge in [0.1, 0.15) is 17.5 Å². The summed E-state index contributed by atoms with van der Waals surface area (Å²) in [5, 5.41) is 6.21. The normalized spacial score (nSPS) is 12.6. The smallest absolute Gasteiger partial charge is 0.154 e. The number of hydrogen-bond acceptors (Lipinski definition) is 6. The van der Waals surface area contributed by atoms with Crippen LogP contribution in [0.2, 0.25) is 0 Å². The monoisotopic (exact) mass is 314 g/mol. The van der Waals surface area contributed by atoms with Crippen molar-refractivity contribution in [3.8, 4) is 0 Å². The van der Waals surface area contributed by atoms with E-state index in [4.69, 9.17) is 0 Å². The van der Waals surface area contributed by atoms with Crippen molar-refractivity contribution in [1.29, 1.82) is 0 Å². The zero-order chi connectivity index (χ0) is 16.4. The average Bonchev–Trinajstić information content (AvgIpc) is 2.35. The van der Waals surface area contributed by atoms with Gasteiger partial charge < -0.3 is 10.6 Å². The van der Waals surface area contributed by atoms with Gasteiger partial charge in [0.25, 0.3) is 0 Å². The summed E-state index contributed by atoms with van der Waals surface area (Å²) in [6, 6.07) is 0. The van der Waals surface area contributed by atoms with Gasteiger partial charge in [0.05, 0.1) is 4.75 Å². The van der Waals surface area contributed by atoms with Gasteiger partial charge in [-0.25, -0.2) is 18.4 Å². The summed E-state index contributed by atoms with van der Waals surface area (Å²) in [6.45, 7) is 9.65. The van der Waals surface area contributed by atoms with Gasteiger partial charge in [-0.15, -0.1) is 0 Å². The number of nitrogens with zero attached hydrogens (tertiary/aromatic N) is 2. The number of hydrogen-bond donors (Lipinski definition) is 2. The van der Waals surface area contributed by atoms with Gasteiger partial charge in [0, 0.05) is 31.3 Å². The Bertz CT molecular complexity index is 610. The molecule has 2 N–H and O–H groups in total. The van der Waals surface area contributed by atoms with E-state index in [1.165, 1.54) is 6.26 Å². The van der Waals surface area contributed by atoms with Crippen LogP contribution in [0, 0.1) is 6.92 Å². The first kappa shape index (κ1) is 17.7. The van der Waals surface area contributed by atoms with E-state index in [2.05, 4.69) is 20.6 Å². The summed E-state index contributed by atoms with van der Waals surface area (Å²) in [5.74, 6) is 2.36. The van der Waals surface area contributed by atoms with Crippen molar-refractivity contribution in [3.63, 3.8) is 0 Å². The first-order valence-corrected chi connectivity index (χ1v) is 8.88. The lowest BCUT2D eigenvalue weighted by Gasteiger charge is -2.24. The summed E-state index contributed by atoms with van der Waals surface area (Å²) in [6.07, 6.45) is 1.25. The summed E-state index contributed by atoms with van der Waals surface area (Å²) in [4.78, 5) is 8.97. The number of nitrogens with one attached hydrogen (secondary N) is 2. The molecule has 0 saturated carbocycles. The standard InChI is InChI=1S/C14H26N4O2S/c1-9(2)11-17-12(15-6)10(3)13(18-11)16-8-14(4,5)21(7,19)20/h9H,8H2,1-7H3,(H2,15,16,17,18). The minimum atomic E-state index is -3.15. The maximum atomic E-state index is 11.8. The van der Waals surface area contributed by atoms with E-state index in [1.807, 2.05) is 27.8 Å². The number of sulfone groups is 1. The lowest BCUT2D eigenvalue weighted by atomic mass is 10.2. The van der Waals surface area contributed by atoms with Crippen molar-refractivity contribution in [2.45, 2.75) is 45.3 Å². The van der Waals surface area contributed by atoms with Crippen molar-refractivity contribution >= 4 is 21.5 Å². The Morgan fingerprint density at radius 2 is 1.71 bits per heavy atom. The fourth-order valence-electron chi connectivity index (χ4n) is 1.64. The minimum absolute atomic E-state index is 0.196. The molecule has 0 aromatic carbocycles. The van der Waals surface area contributed by atoms with Crippen LogP contribution in [0.15, 0.2) is 0 Å². The summed E-state index contributed by atoms with van der Waals surface area (Å²) in [5.41, 5.74) is 0.881. The van der Waals surface area contributed by atoms with Crippen molar-refractivity contribution in [2.24, 2.45) is 0 Å². The third kappa shape index (κ3) is 4.06. The van der Waals surface area contributed by atoms with Crippen LogP contribution in [-0.2, 0) is 9.84 Å². The van der Waals surface area contributed by atoms with E-state index in [0.717, 1.165) is 17.2 Å². The van der Waals surface area contributed by atoms with Crippen molar-refractivity contribution in [2.75, 3.05) is 30.5 Å². The lowest BCUT2D eigenvalue weighted by molar-refractivity contribution is 0.559.